The van der Waals surface area contributed by atoms with E-state index in [4.69, 9.17) is 4.42 Å². The molecule has 1 fully saturated rings. The smallest absolute Gasteiger partial charge is 0.408 e. The summed E-state index contributed by atoms with van der Waals surface area (Å²) in [5, 5.41) is 2.99. The lowest BCUT2D eigenvalue weighted by Crippen LogP contribution is -2.45. The van der Waals surface area contributed by atoms with Gasteiger partial charge in [-0.25, -0.2) is 13.2 Å². The molecule has 1 unspecified atom stereocenters. The SMILES string of the molecule is Cn1c(=O)oc2cc(S(=O)(=O)N3CCCC(C(=O)NCCC4=CCCCC4)C3)ccc21. The maximum Gasteiger partial charge on any atom is 0.419 e. The van der Waals surface area contributed by atoms with Crippen LogP contribution in [0.4, 0.5) is 0 Å². The molecular weight excluding hydrogens is 418 g/mol. The van der Waals surface area contributed by atoms with Crippen LogP contribution in [0.3, 0.4) is 0 Å². The molecule has 2 aromatic rings. The van der Waals surface area contributed by atoms with Crippen molar-refractivity contribution >= 4 is 27.0 Å². The molecule has 1 amide bonds. The number of hydrogen-bond acceptors (Lipinski definition) is 5. The first-order chi connectivity index (χ1) is 14.9. The van der Waals surface area contributed by atoms with Gasteiger partial charge in [0.15, 0.2) is 5.58 Å². The standard InChI is InChI=1S/C22H29N3O5S/c1-24-19-10-9-18(14-20(19)30-22(24)27)31(28,29)25-13-5-8-17(15-25)21(26)23-12-11-16-6-3-2-4-7-16/h6,9-10,14,17H,2-5,7-8,11-13,15H2,1H3,(H,23,26). The number of carbonyl (C=O) groups excluding carboxylic acids is 1. The summed E-state index contributed by atoms with van der Waals surface area (Å²) < 4.78 is 34.2. The van der Waals surface area contributed by atoms with E-state index in [-0.39, 0.29) is 28.8 Å². The van der Waals surface area contributed by atoms with Crippen molar-refractivity contribution in [2.45, 2.75) is 49.8 Å². The largest absolute Gasteiger partial charge is 0.419 e. The monoisotopic (exact) mass is 447 g/mol. The lowest BCUT2D eigenvalue weighted by atomic mass is 9.96. The number of hydrogen-bond donors (Lipinski definition) is 1. The Kier molecular flexibility index (Phi) is 6.34. The number of rotatable bonds is 6. The molecule has 1 aliphatic carbocycles. The minimum atomic E-state index is -3.79. The number of piperidine rings is 1. The Bertz CT molecular complexity index is 1160. The topological polar surface area (TPSA) is 102 Å². The van der Waals surface area contributed by atoms with Crippen LogP contribution in [0.1, 0.15) is 44.9 Å². The van der Waals surface area contributed by atoms with Crippen molar-refractivity contribution in [2.75, 3.05) is 19.6 Å². The Hall–Kier alpha value is -2.39. The summed E-state index contributed by atoms with van der Waals surface area (Å²) in [4.78, 5) is 24.4. The van der Waals surface area contributed by atoms with E-state index in [0.717, 1.165) is 19.3 Å². The highest BCUT2D eigenvalue weighted by Crippen LogP contribution is 2.26. The van der Waals surface area contributed by atoms with Gasteiger partial charge >= 0.3 is 5.76 Å². The Balaban J connectivity index is 1.41. The maximum absolute atomic E-state index is 13.2. The molecule has 0 saturated carbocycles. The first kappa shape index (κ1) is 21.8. The molecule has 0 radical (unpaired) electrons. The van der Waals surface area contributed by atoms with E-state index < -0.39 is 15.8 Å². The summed E-state index contributed by atoms with van der Waals surface area (Å²) in [5.41, 5.74) is 2.17. The predicted octanol–water partition coefficient (Wildman–Crippen LogP) is 2.54. The Morgan fingerprint density at radius 1 is 1.26 bits per heavy atom. The molecule has 168 valence electrons. The Labute approximate surface area is 182 Å². The fourth-order valence-electron chi connectivity index (χ4n) is 4.42. The van der Waals surface area contributed by atoms with Crippen molar-refractivity contribution in [3.8, 4) is 0 Å². The van der Waals surface area contributed by atoms with Crippen LogP contribution in [-0.2, 0) is 21.9 Å². The van der Waals surface area contributed by atoms with Gasteiger partial charge < -0.3 is 9.73 Å². The lowest BCUT2D eigenvalue weighted by molar-refractivity contribution is -0.126. The van der Waals surface area contributed by atoms with Gasteiger partial charge in [-0.15, -0.1) is 0 Å². The number of aryl methyl sites for hydroxylation is 1. The minimum absolute atomic E-state index is 0.0691. The second-order valence-electron chi connectivity index (χ2n) is 8.41. The van der Waals surface area contributed by atoms with Gasteiger partial charge in [-0.2, -0.15) is 4.31 Å². The molecule has 2 heterocycles. The van der Waals surface area contributed by atoms with E-state index >= 15 is 0 Å². The number of benzene rings is 1. The van der Waals surface area contributed by atoms with E-state index in [1.165, 1.54) is 39.4 Å². The molecule has 2 aliphatic rings. The molecular formula is C22H29N3O5S. The Morgan fingerprint density at radius 3 is 2.87 bits per heavy atom. The van der Waals surface area contributed by atoms with Crippen molar-refractivity contribution in [1.82, 2.24) is 14.2 Å². The third-order valence-electron chi connectivity index (χ3n) is 6.29. The zero-order valence-corrected chi connectivity index (χ0v) is 18.6. The number of allylic oxidation sites excluding steroid dienone is 1. The van der Waals surface area contributed by atoms with Gasteiger partial charge in [-0.05, 0) is 57.1 Å². The van der Waals surface area contributed by atoms with Gasteiger partial charge in [-0.3, -0.25) is 9.36 Å². The fourth-order valence-corrected chi connectivity index (χ4v) is 5.96. The predicted molar refractivity (Wildman–Crippen MR) is 117 cm³/mol. The van der Waals surface area contributed by atoms with Crippen molar-refractivity contribution < 1.29 is 17.6 Å². The van der Waals surface area contributed by atoms with Crippen LogP contribution in [0.15, 0.2) is 44.0 Å². The van der Waals surface area contributed by atoms with Gasteiger partial charge in [0.05, 0.1) is 16.3 Å². The minimum Gasteiger partial charge on any atom is -0.408 e. The third-order valence-corrected chi connectivity index (χ3v) is 8.15. The zero-order chi connectivity index (χ0) is 22.0. The highest BCUT2D eigenvalue weighted by Gasteiger charge is 2.33. The van der Waals surface area contributed by atoms with E-state index in [1.807, 2.05) is 0 Å². The number of nitrogens with zero attached hydrogens (tertiary/aromatic N) is 2. The molecule has 1 saturated heterocycles. The molecule has 4 rings (SSSR count). The fraction of sp³-hybridized carbons (Fsp3) is 0.545. The summed E-state index contributed by atoms with van der Waals surface area (Å²) in [5.74, 6) is -0.980. The van der Waals surface area contributed by atoms with Gasteiger partial charge in [0.1, 0.15) is 0 Å². The molecule has 1 atom stereocenters. The van der Waals surface area contributed by atoms with Gasteiger partial charge in [0.2, 0.25) is 15.9 Å². The highest BCUT2D eigenvalue weighted by atomic mass is 32.2. The van der Waals surface area contributed by atoms with Crippen molar-refractivity contribution in [2.24, 2.45) is 13.0 Å². The summed E-state index contributed by atoms with van der Waals surface area (Å²) in [6, 6.07) is 4.43. The van der Waals surface area contributed by atoms with E-state index in [9.17, 15) is 18.0 Å². The first-order valence-corrected chi connectivity index (χ1v) is 12.4. The normalized spacial score (nSPS) is 20.5. The average molecular weight is 448 g/mol. The van der Waals surface area contributed by atoms with Gasteiger partial charge in [0.25, 0.3) is 0 Å². The number of oxazole rings is 1. The lowest BCUT2D eigenvalue weighted by Gasteiger charge is -2.31. The second kappa shape index (κ2) is 9.00. The first-order valence-electron chi connectivity index (χ1n) is 10.9. The highest BCUT2D eigenvalue weighted by molar-refractivity contribution is 7.89. The van der Waals surface area contributed by atoms with Crippen LogP contribution in [0.25, 0.3) is 11.1 Å². The number of carbonyl (C=O) groups is 1. The summed E-state index contributed by atoms with van der Waals surface area (Å²) in [6.07, 6.45) is 9.13. The Morgan fingerprint density at radius 2 is 2.10 bits per heavy atom. The van der Waals surface area contributed by atoms with Crippen LogP contribution in [0.5, 0.6) is 0 Å². The van der Waals surface area contributed by atoms with Crippen LogP contribution in [0, 0.1) is 5.92 Å². The summed E-state index contributed by atoms with van der Waals surface area (Å²) in [6.45, 7) is 1.13. The van der Waals surface area contributed by atoms with Crippen molar-refractivity contribution in [1.29, 1.82) is 0 Å². The van der Waals surface area contributed by atoms with Crippen LogP contribution in [-0.4, -0.2) is 42.8 Å². The van der Waals surface area contributed by atoms with Gasteiger partial charge in [0, 0.05) is 32.7 Å². The molecule has 0 spiro atoms. The van der Waals surface area contributed by atoms with E-state index in [2.05, 4.69) is 11.4 Å². The number of fused-ring (bicyclic) bond motifs is 1. The zero-order valence-electron chi connectivity index (χ0n) is 17.8. The number of sulfonamides is 1. The molecule has 8 nitrogen and oxygen atoms in total. The van der Waals surface area contributed by atoms with Crippen LogP contribution >= 0.6 is 0 Å². The van der Waals surface area contributed by atoms with Crippen molar-refractivity contribution in [3.63, 3.8) is 0 Å². The van der Waals surface area contributed by atoms with Crippen LogP contribution in [0.2, 0.25) is 0 Å². The molecule has 1 aliphatic heterocycles. The van der Waals surface area contributed by atoms with E-state index in [1.54, 1.807) is 13.1 Å². The van der Waals surface area contributed by atoms with Crippen molar-refractivity contribution in [3.05, 3.63) is 40.4 Å². The molecule has 1 aromatic heterocycles. The van der Waals surface area contributed by atoms with E-state index in [0.29, 0.717) is 31.4 Å². The quantitative estimate of drug-likeness (QED) is 0.686. The van der Waals surface area contributed by atoms with Gasteiger partial charge in [-0.1, -0.05) is 11.6 Å². The molecule has 9 heteroatoms. The second-order valence-corrected chi connectivity index (χ2v) is 10.3. The number of amides is 1. The third kappa shape index (κ3) is 4.62. The summed E-state index contributed by atoms with van der Waals surface area (Å²) >= 11 is 0. The summed E-state index contributed by atoms with van der Waals surface area (Å²) in [7, 11) is -2.22. The molecule has 0 bridgehead atoms. The number of aromatic nitrogens is 1. The maximum atomic E-state index is 13.2. The average Bonchev–Trinajstić information content (AvgIpc) is 3.07. The van der Waals surface area contributed by atoms with Crippen LogP contribution < -0.4 is 11.1 Å². The molecule has 31 heavy (non-hydrogen) atoms. The molecule has 1 aromatic carbocycles. The molecule has 1 N–H and O–H groups in total. The number of nitrogens with one attached hydrogen (secondary N) is 1.